The summed E-state index contributed by atoms with van der Waals surface area (Å²) in [4.78, 5) is 0. The number of aromatic nitrogens is 2. The Bertz CT molecular complexity index is 875. The van der Waals surface area contributed by atoms with Crippen LogP contribution in [-0.2, 0) is 0 Å². The van der Waals surface area contributed by atoms with Gasteiger partial charge in [-0.15, -0.1) is 0 Å². The van der Waals surface area contributed by atoms with E-state index in [2.05, 4.69) is 49.3 Å². The second-order valence-electron chi connectivity index (χ2n) is 6.65. The van der Waals surface area contributed by atoms with E-state index in [1.54, 1.807) is 0 Å². The Morgan fingerprint density at radius 1 is 0.960 bits per heavy atom. The fourth-order valence-electron chi connectivity index (χ4n) is 3.32. The van der Waals surface area contributed by atoms with E-state index in [-0.39, 0.29) is 0 Å². The fourth-order valence-corrected chi connectivity index (χ4v) is 3.50. The first kappa shape index (κ1) is 17.8. The van der Waals surface area contributed by atoms with Crippen molar-refractivity contribution < 1.29 is 0 Å². The van der Waals surface area contributed by atoms with Crippen LogP contribution in [0.15, 0.2) is 48.7 Å². The number of benzene rings is 2. The lowest BCUT2D eigenvalue weighted by Crippen LogP contribution is -2.05. The molecular weight excluding hydrogens is 328 g/mol. The highest BCUT2D eigenvalue weighted by Crippen LogP contribution is 2.33. The first-order chi connectivity index (χ1) is 12.0. The van der Waals surface area contributed by atoms with Crippen molar-refractivity contribution in [2.45, 2.75) is 46.5 Å². The highest BCUT2D eigenvalue weighted by Gasteiger charge is 2.15. The first-order valence-electron chi connectivity index (χ1n) is 8.96. The molecule has 0 aliphatic heterocycles. The zero-order valence-electron chi connectivity index (χ0n) is 15.4. The minimum absolute atomic E-state index is 0.537. The van der Waals surface area contributed by atoms with E-state index in [1.807, 2.05) is 36.9 Å². The Labute approximate surface area is 155 Å². The van der Waals surface area contributed by atoms with Gasteiger partial charge in [0.05, 0.1) is 11.4 Å². The summed E-state index contributed by atoms with van der Waals surface area (Å²) >= 11 is 6.33. The number of rotatable bonds is 5. The minimum atomic E-state index is 0.537. The van der Waals surface area contributed by atoms with Crippen molar-refractivity contribution in [2.75, 3.05) is 0 Å². The molecule has 2 aromatic carbocycles. The second-order valence-corrected chi connectivity index (χ2v) is 7.06. The van der Waals surface area contributed by atoms with Crippen LogP contribution in [0.1, 0.15) is 49.4 Å². The third-order valence-corrected chi connectivity index (χ3v) is 5.34. The molecule has 0 saturated carbocycles. The first-order valence-corrected chi connectivity index (χ1v) is 9.34. The van der Waals surface area contributed by atoms with Crippen LogP contribution in [0, 0.1) is 13.8 Å². The van der Waals surface area contributed by atoms with Crippen molar-refractivity contribution in [3.63, 3.8) is 0 Å². The second kappa shape index (κ2) is 7.45. The average molecular weight is 353 g/mol. The van der Waals surface area contributed by atoms with Crippen molar-refractivity contribution in [1.82, 2.24) is 9.78 Å². The maximum absolute atomic E-state index is 6.33. The van der Waals surface area contributed by atoms with Gasteiger partial charge in [-0.1, -0.05) is 49.7 Å². The van der Waals surface area contributed by atoms with Crippen LogP contribution < -0.4 is 0 Å². The fraction of sp³-hybridized carbons (Fsp3) is 0.318. The largest absolute Gasteiger partial charge is 0.240 e. The van der Waals surface area contributed by atoms with Gasteiger partial charge in [-0.05, 0) is 73.1 Å². The van der Waals surface area contributed by atoms with Crippen molar-refractivity contribution in [2.24, 2.45) is 0 Å². The maximum Gasteiger partial charge on any atom is 0.0686 e. The predicted molar refractivity (Wildman–Crippen MR) is 107 cm³/mol. The summed E-state index contributed by atoms with van der Waals surface area (Å²) in [5.74, 6) is 0.537. The molecule has 3 heteroatoms. The standard InChI is InChI=1S/C22H25ClN2/c1-5-17(6-2)20-10-9-19(18-8-7-15(3)21(23)13-18)14-22(20)25-12-11-16(4)24-25/h7-14,17H,5-6H2,1-4H3. The van der Waals surface area contributed by atoms with Gasteiger partial charge >= 0.3 is 0 Å². The number of hydrogen-bond donors (Lipinski definition) is 0. The summed E-state index contributed by atoms with van der Waals surface area (Å²) in [5, 5.41) is 5.45. The molecule has 0 N–H and O–H groups in total. The number of halogens is 1. The Hall–Kier alpha value is -2.06. The summed E-state index contributed by atoms with van der Waals surface area (Å²) in [6.45, 7) is 8.55. The molecule has 1 aromatic heterocycles. The number of aryl methyl sites for hydroxylation is 2. The molecule has 25 heavy (non-hydrogen) atoms. The van der Waals surface area contributed by atoms with Crippen LogP contribution in [0.3, 0.4) is 0 Å². The van der Waals surface area contributed by atoms with E-state index in [4.69, 9.17) is 11.6 Å². The van der Waals surface area contributed by atoms with Gasteiger partial charge in [0.15, 0.2) is 0 Å². The lowest BCUT2D eigenvalue weighted by molar-refractivity contribution is 0.634. The molecule has 0 spiro atoms. The van der Waals surface area contributed by atoms with E-state index >= 15 is 0 Å². The predicted octanol–water partition coefficient (Wildman–Crippen LogP) is 6.71. The molecule has 0 amide bonds. The average Bonchev–Trinajstić information content (AvgIpc) is 3.05. The SMILES string of the molecule is CCC(CC)c1ccc(-c2ccc(C)c(Cl)c2)cc1-n1ccc(C)n1. The van der Waals surface area contributed by atoms with Gasteiger partial charge in [0.1, 0.15) is 0 Å². The number of hydrogen-bond acceptors (Lipinski definition) is 1. The zero-order valence-corrected chi connectivity index (χ0v) is 16.1. The minimum Gasteiger partial charge on any atom is -0.240 e. The van der Waals surface area contributed by atoms with Crippen molar-refractivity contribution in [1.29, 1.82) is 0 Å². The number of nitrogens with zero attached hydrogens (tertiary/aromatic N) is 2. The van der Waals surface area contributed by atoms with E-state index < -0.39 is 0 Å². The van der Waals surface area contributed by atoms with Crippen molar-refractivity contribution in [3.8, 4) is 16.8 Å². The maximum atomic E-state index is 6.33. The monoisotopic (exact) mass is 352 g/mol. The molecular formula is C22H25ClN2. The van der Waals surface area contributed by atoms with Gasteiger partial charge in [0.2, 0.25) is 0 Å². The summed E-state index contributed by atoms with van der Waals surface area (Å²) in [6.07, 6.45) is 4.29. The molecule has 1 heterocycles. The molecule has 130 valence electrons. The van der Waals surface area contributed by atoms with Gasteiger partial charge in [-0.25, -0.2) is 4.68 Å². The summed E-state index contributed by atoms with van der Waals surface area (Å²) < 4.78 is 2.00. The molecule has 0 aliphatic rings. The Kier molecular flexibility index (Phi) is 5.29. The molecule has 0 fully saturated rings. The molecule has 0 radical (unpaired) electrons. The smallest absolute Gasteiger partial charge is 0.0686 e. The molecule has 0 bridgehead atoms. The van der Waals surface area contributed by atoms with Crippen LogP contribution in [0.5, 0.6) is 0 Å². The Morgan fingerprint density at radius 3 is 2.24 bits per heavy atom. The van der Waals surface area contributed by atoms with Crippen LogP contribution in [0.2, 0.25) is 5.02 Å². The third-order valence-electron chi connectivity index (χ3n) is 4.93. The van der Waals surface area contributed by atoms with Gasteiger partial charge in [0.25, 0.3) is 0 Å². The van der Waals surface area contributed by atoms with E-state index in [0.29, 0.717) is 5.92 Å². The summed E-state index contributed by atoms with van der Waals surface area (Å²) in [7, 11) is 0. The Morgan fingerprint density at radius 2 is 1.64 bits per heavy atom. The van der Waals surface area contributed by atoms with Crippen molar-refractivity contribution in [3.05, 3.63) is 70.5 Å². The third kappa shape index (κ3) is 3.64. The van der Waals surface area contributed by atoms with Crippen LogP contribution in [0.4, 0.5) is 0 Å². The molecule has 0 unspecified atom stereocenters. The molecule has 0 aliphatic carbocycles. The topological polar surface area (TPSA) is 17.8 Å². The molecule has 0 atom stereocenters. The van der Waals surface area contributed by atoms with Crippen LogP contribution in [-0.4, -0.2) is 9.78 Å². The quantitative estimate of drug-likeness (QED) is 0.498. The van der Waals surface area contributed by atoms with Gasteiger partial charge in [-0.3, -0.25) is 0 Å². The lowest BCUT2D eigenvalue weighted by Gasteiger charge is -2.19. The van der Waals surface area contributed by atoms with Crippen LogP contribution in [0.25, 0.3) is 16.8 Å². The molecule has 0 saturated heterocycles. The molecule has 2 nitrogen and oxygen atoms in total. The molecule has 3 aromatic rings. The van der Waals surface area contributed by atoms with E-state index in [0.717, 1.165) is 40.4 Å². The van der Waals surface area contributed by atoms with Gasteiger partial charge < -0.3 is 0 Å². The lowest BCUT2D eigenvalue weighted by atomic mass is 9.90. The van der Waals surface area contributed by atoms with Crippen LogP contribution >= 0.6 is 11.6 Å². The normalized spacial score (nSPS) is 11.3. The van der Waals surface area contributed by atoms with Gasteiger partial charge in [-0.2, -0.15) is 5.10 Å². The Balaban J connectivity index is 2.15. The summed E-state index contributed by atoms with van der Waals surface area (Å²) in [6, 6.07) is 15.0. The zero-order chi connectivity index (χ0) is 18.0. The summed E-state index contributed by atoms with van der Waals surface area (Å²) in [5.41, 5.74) is 6.95. The highest BCUT2D eigenvalue weighted by molar-refractivity contribution is 6.31. The van der Waals surface area contributed by atoms with Crippen molar-refractivity contribution >= 4 is 11.6 Å². The van der Waals surface area contributed by atoms with Gasteiger partial charge in [0, 0.05) is 11.2 Å². The van der Waals surface area contributed by atoms with E-state index in [1.165, 1.54) is 11.1 Å². The highest BCUT2D eigenvalue weighted by atomic mass is 35.5. The van der Waals surface area contributed by atoms with E-state index in [9.17, 15) is 0 Å². The molecule has 3 rings (SSSR count).